The molecule has 0 aliphatic carbocycles. The maximum absolute atomic E-state index is 12.7. The van der Waals surface area contributed by atoms with Crippen LogP contribution in [0.4, 0.5) is 13.2 Å². The highest BCUT2D eigenvalue weighted by Crippen LogP contribution is 2.49. The number of halogens is 3. The Morgan fingerprint density at radius 3 is 2.69 bits per heavy atom. The molecule has 2 aromatic carbocycles. The summed E-state index contributed by atoms with van der Waals surface area (Å²) in [5.41, 5.74) is 2.81. The summed E-state index contributed by atoms with van der Waals surface area (Å²) in [6, 6.07) is 15.0. The number of hydrogen-bond donors (Lipinski definition) is 1. The lowest BCUT2D eigenvalue weighted by atomic mass is 9.76. The van der Waals surface area contributed by atoms with Gasteiger partial charge in [-0.2, -0.15) is 0 Å². The van der Waals surface area contributed by atoms with Crippen LogP contribution in [-0.2, 0) is 11.2 Å². The van der Waals surface area contributed by atoms with Gasteiger partial charge in [0.2, 0.25) is 0 Å². The molecule has 2 fully saturated rings. The van der Waals surface area contributed by atoms with E-state index in [0.29, 0.717) is 6.61 Å². The van der Waals surface area contributed by atoms with Crippen LogP contribution in [0.25, 0.3) is 0 Å². The van der Waals surface area contributed by atoms with Crippen molar-refractivity contribution in [2.45, 2.75) is 56.5 Å². The van der Waals surface area contributed by atoms with Crippen LogP contribution in [0.15, 0.2) is 48.5 Å². The van der Waals surface area contributed by atoms with Gasteiger partial charge in [-0.1, -0.05) is 43.3 Å². The van der Waals surface area contributed by atoms with E-state index >= 15 is 0 Å². The van der Waals surface area contributed by atoms with Crippen molar-refractivity contribution in [3.8, 4) is 5.75 Å². The molecule has 3 nitrogen and oxygen atoms in total. The largest absolute Gasteiger partial charge is 0.573 e. The third-order valence-electron chi connectivity index (χ3n) is 6.12. The van der Waals surface area contributed by atoms with Gasteiger partial charge in [-0.25, -0.2) is 0 Å². The summed E-state index contributed by atoms with van der Waals surface area (Å²) >= 11 is 0. The summed E-state index contributed by atoms with van der Waals surface area (Å²) in [4.78, 5) is 0. The first-order valence-corrected chi connectivity index (χ1v) is 10.2. The van der Waals surface area contributed by atoms with E-state index in [4.69, 9.17) is 4.74 Å². The number of benzene rings is 2. The standard InChI is InChI=1S/C23H26F3NO2/c1-2-16-9-10-19(29-23(24,25)26)13-20(16)18-14-22(28-15-18)11-6-12-27-21(22)17-7-4-3-5-8-17/h3-5,7-10,13,18,21,27H,2,6,11-12,14-15H2,1H3/t18-,21-,22+/m0/s1. The van der Waals surface area contributed by atoms with Crippen molar-refractivity contribution >= 4 is 0 Å². The first-order chi connectivity index (χ1) is 13.9. The topological polar surface area (TPSA) is 30.5 Å². The van der Waals surface area contributed by atoms with Gasteiger partial charge in [-0.3, -0.25) is 0 Å². The summed E-state index contributed by atoms with van der Waals surface area (Å²) in [6.07, 6.45) is -1.19. The molecule has 0 amide bonds. The van der Waals surface area contributed by atoms with E-state index in [2.05, 4.69) is 22.2 Å². The zero-order valence-corrected chi connectivity index (χ0v) is 16.5. The van der Waals surface area contributed by atoms with Crippen molar-refractivity contribution in [2.24, 2.45) is 0 Å². The molecule has 4 rings (SSSR count). The number of nitrogens with one attached hydrogen (secondary N) is 1. The highest BCUT2D eigenvalue weighted by molar-refractivity contribution is 5.39. The van der Waals surface area contributed by atoms with Crippen molar-refractivity contribution in [1.82, 2.24) is 5.32 Å². The Kier molecular flexibility index (Phi) is 5.58. The number of ether oxygens (including phenoxy) is 2. The molecule has 2 aromatic rings. The van der Waals surface area contributed by atoms with Crippen LogP contribution in [0, 0.1) is 0 Å². The van der Waals surface area contributed by atoms with Gasteiger partial charge in [0, 0.05) is 5.92 Å². The predicted molar refractivity (Wildman–Crippen MR) is 105 cm³/mol. The molecule has 0 bridgehead atoms. The molecule has 156 valence electrons. The van der Waals surface area contributed by atoms with E-state index in [1.54, 1.807) is 12.1 Å². The van der Waals surface area contributed by atoms with Crippen LogP contribution >= 0.6 is 0 Å². The molecule has 2 saturated heterocycles. The number of hydrogen-bond acceptors (Lipinski definition) is 3. The smallest absolute Gasteiger partial charge is 0.406 e. The number of rotatable bonds is 4. The first-order valence-electron chi connectivity index (χ1n) is 10.2. The minimum absolute atomic E-state index is 0.0489. The Bertz CT molecular complexity index is 840. The lowest BCUT2D eigenvalue weighted by Gasteiger charge is -2.41. The van der Waals surface area contributed by atoms with Crippen molar-refractivity contribution < 1.29 is 22.6 Å². The van der Waals surface area contributed by atoms with Crippen LogP contribution in [0.1, 0.15) is 54.8 Å². The quantitative estimate of drug-likeness (QED) is 0.727. The maximum atomic E-state index is 12.7. The van der Waals surface area contributed by atoms with Crippen LogP contribution < -0.4 is 10.1 Å². The van der Waals surface area contributed by atoms with Gasteiger partial charge in [0.25, 0.3) is 0 Å². The molecule has 2 aliphatic heterocycles. The van der Waals surface area contributed by atoms with E-state index in [-0.39, 0.29) is 23.3 Å². The van der Waals surface area contributed by atoms with Crippen LogP contribution in [0.2, 0.25) is 0 Å². The fourth-order valence-corrected chi connectivity index (χ4v) is 4.88. The Labute approximate surface area is 169 Å². The van der Waals surface area contributed by atoms with Gasteiger partial charge >= 0.3 is 6.36 Å². The normalized spacial score (nSPS) is 27.3. The molecular formula is C23H26F3NO2. The summed E-state index contributed by atoms with van der Waals surface area (Å²) in [5, 5.41) is 3.61. The SMILES string of the molecule is CCc1ccc(OC(F)(F)F)cc1[C@@H]1CO[C@]2(CCCN[C@H]2c2ccccc2)C1. The zero-order valence-electron chi connectivity index (χ0n) is 16.5. The summed E-state index contributed by atoms with van der Waals surface area (Å²) < 4.78 is 48.7. The fourth-order valence-electron chi connectivity index (χ4n) is 4.88. The van der Waals surface area contributed by atoms with Crippen LogP contribution in [0.3, 0.4) is 0 Å². The molecule has 0 radical (unpaired) electrons. The average Bonchev–Trinajstić information content (AvgIpc) is 3.12. The van der Waals surface area contributed by atoms with Crippen LogP contribution in [0.5, 0.6) is 5.75 Å². The Morgan fingerprint density at radius 2 is 1.97 bits per heavy atom. The first kappa shape index (κ1) is 20.2. The Balaban J connectivity index is 1.62. The van der Waals surface area contributed by atoms with E-state index < -0.39 is 6.36 Å². The molecule has 2 aliphatic rings. The molecule has 1 spiro atoms. The highest BCUT2D eigenvalue weighted by Gasteiger charge is 2.49. The highest BCUT2D eigenvalue weighted by atomic mass is 19.4. The van der Waals surface area contributed by atoms with E-state index in [0.717, 1.165) is 43.4 Å². The summed E-state index contributed by atoms with van der Waals surface area (Å²) in [7, 11) is 0. The lowest BCUT2D eigenvalue weighted by molar-refractivity contribution is -0.274. The second-order valence-corrected chi connectivity index (χ2v) is 7.94. The zero-order chi connectivity index (χ0) is 20.5. The van der Waals surface area contributed by atoms with E-state index in [9.17, 15) is 13.2 Å². The summed E-state index contributed by atoms with van der Waals surface area (Å²) in [6.45, 7) is 3.46. The van der Waals surface area contributed by atoms with Crippen LogP contribution in [-0.4, -0.2) is 25.1 Å². The molecule has 29 heavy (non-hydrogen) atoms. The van der Waals surface area contributed by atoms with E-state index in [1.165, 1.54) is 11.6 Å². The van der Waals surface area contributed by atoms with Gasteiger partial charge in [0.05, 0.1) is 18.2 Å². The lowest BCUT2D eigenvalue weighted by Crippen LogP contribution is -2.48. The van der Waals surface area contributed by atoms with Gasteiger partial charge < -0.3 is 14.8 Å². The minimum Gasteiger partial charge on any atom is -0.406 e. The molecule has 0 aromatic heterocycles. The third-order valence-corrected chi connectivity index (χ3v) is 6.12. The Hall–Kier alpha value is -2.05. The summed E-state index contributed by atoms with van der Waals surface area (Å²) in [5.74, 6) is -0.111. The number of piperidine rings is 1. The predicted octanol–water partition coefficient (Wildman–Crippen LogP) is 5.52. The minimum atomic E-state index is -4.69. The van der Waals surface area contributed by atoms with Crippen molar-refractivity contribution in [1.29, 1.82) is 0 Å². The van der Waals surface area contributed by atoms with Crippen molar-refractivity contribution in [2.75, 3.05) is 13.2 Å². The second-order valence-electron chi connectivity index (χ2n) is 7.94. The molecule has 2 heterocycles. The monoisotopic (exact) mass is 405 g/mol. The average molecular weight is 405 g/mol. The Morgan fingerprint density at radius 1 is 1.17 bits per heavy atom. The van der Waals surface area contributed by atoms with Gasteiger partial charge in [0.1, 0.15) is 5.75 Å². The molecule has 0 unspecified atom stereocenters. The third kappa shape index (κ3) is 4.28. The molecule has 6 heteroatoms. The molecular weight excluding hydrogens is 379 g/mol. The number of alkyl halides is 3. The van der Waals surface area contributed by atoms with Gasteiger partial charge in [-0.15, -0.1) is 13.2 Å². The van der Waals surface area contributed by atoms with Crippen molar-refractivity contribution in [3.05, 3.63) is 65.2 Å². The number of aryl methyl sites for hydroxylation is 1. The van der Waals surface area contributed by atoms with Crippen molar-refractivity contribution in [3.63, 3.8) is 0 Å². The molecule has 3 atom stereocenters. The maximum Gasteiger partial charge on any atom is 0.573 e. The fraction of sp³-hybridized carbons (Fsp3) is 0.478. The molecule has 1 N–H and O–H groups in total. The van der Waals surface area contributed by atoms with E-state index in [1.807, 2.05) is 25.1 Å². The second kappa shape index (κ2) is 8.00. The van der Waals surface area contributed by atoms with Gasteiger partial charge in [-0.05, 0) is 61.1 Å². The molecule has 0 saturated carbocycles. The van der Waals surface area contributed by atoms with Gasteiger partial charge in [0.15, 0.2) is 0 Å².